The third-order valence-corrected chi connectivity index (χ3v) is 3.05. The number of hydrogen-bond donors (Lipinski definition) is 2. The van der Waals surface area contributed by atoms with E-state index in [0.29, 0.717) is 0 Å². The molecule has 0 aliphatic rings. The van der Waals surface area contributed by atoms with Crippen molar-refractivity contribution >= 4 is 17.3 Å². The molecule has 1 amide bonds. The number of nitrogens with one attached hydrogen (secondary N) is 1. The molecule has 3 N–H and O–H groups in total. The van der Waals surface area contributed by atoms with Crippen LogP contribution in [0.25, 0.3) is 11.1 Å². The second-order valence-electron chi connectivity index (χ2n) is 4.77. The Labute approximate surface area is 119 Å². The van der Waals surface area contributed by atoms with E-state index >= 15 is 0 Å². The summed E-state index contributed by atoms with van der Waals surface area (Å²) in [4.78, 5) is 13.3. The number of nitrogens with zero attached hydrogens (tertiary/aromatic N) is 1. The summed E-state index contributed by atoms with van der Waals surface area (Å²) in [6, 6.07) is 16.0. The molecule has 0 atom stereocenters. The number of amides is 1. The lowest BCUT2D eigenvalue weighted by Crippen LogP contribution is -2.21. The van der Waals surface area contributed by atoms with Crippen LogP contribution in [0.4, 0.5) is 11.4 Å². The normalized spacial score (nSPS) is 10.2. The molecule has 0 aliphatic carbocycles. The van der Waals surface area contributed by atoms with Gasteiger partial charge in [-0.25, -0.2) is 0 Å². The van der Waals surface area contributed by atoms with E-state index in [9.17, 15) is 4.79 Å². The third kappa shape index (κ3) is 3.36. The van der Waals surface area contributed by atoms with E-state index in [2.05, 4.69) is 28.4 Å². The van der Waals surface area contributed by atoms with Gasteiger partial charge < -0.3 is 16.0 Å². The first-order chi connectivity index (χ1) is 9.60. The first-order valence-corrected chi connectivity index (χ1v) is 6.48. The van der Waals surface area contributed by atoms with Crippen molar-refractivity contribution in [2.45, 2.75) is 0 Å². The van der Waals surface area contributed by atoms with Gasteiger partial charge in [0, 0.05) is 25.5 Å². The molecule has 0 bridgehead atoms. The molecule has 2 aromatic rings. The van der Waals surface area contributed by atoms with Crippen molar-refractivity contribution in [2.24, 2.45) is 5.73 Å². The van der Waals surface area contributed by atoms with Gasteiger partial charge in [-0.05, 0) is 35.4 Å². The van der Waals surface area contributed by atoms with E-state index in [1.165, 1.54) is 0 Å². The SMILES string of the molecule is CN(C)c1cccc(-c2ccc(NC(=O)CN)cc2)c1. The van der Waals surface area contributed by atoms with Gasteiger partial charge in [0.25, 0.3) is 0 Å². The topological polar surface area (TPSA) is 58.4 Å². The predicted molar refractivity (Wildman–Crippen MR) is 83.9 cm³/mol. The lowest BCUT2D eigenvalue weighted by molar-refractivity contribution is -0.114. The Morgan fingerprint density at radius 2 is 1.80 bits per heavy atom. The van der Waals surface area contributed by atoms with Crippen LogP contribution >= 0.6 is 0 Å². The van der Waals surface area contributed by atoms with Crippen molar-refractivity contribution in [1.82, 2.24) is 0 Å². The Kier molecular flexibility index (Phi) is 4.38. The zero-order valence-electron chi connectivity index (χ0n) is 11.8. The van der Waals surface area contributed by atoms with Crippen molar-refractivity contribution in [2.75, 3.05) is 30.9 Å². The largest absolute Gasteiger partial charge is 0.378 e. The highest BCUT2D eigenvalue weighted by molar-refractivity contribution is 5.92. The highest BCUT2D eigenvalue weighted by Crippen LogP contribution is 2.25. The van der Waals surface area contributed by atoms with Crippen LogP contribution in [0.1, 0.15) is 0 Å². The van der Waals surface area contributed by atoms with Gasteiger partial charge in [-0.2, -0.15) is 0 Å². The Balaban J connectivity index is 2.21. The molecular weight excluding hydrogens is 250 g/mol. The van der Waals surface area contributed by atoms with Gasteiger partial charge in [0.05, 0.1) is 6.54 Å². The van der Waals surface area contributed by atoms with E-state index in [1.54, 1.807) is 0 Å². The lowest BCUT2D eigenvalue weighted by atomic mass is 10.0. The maximum absolute atomic E-state index is 11.2. The van der Waals surface area contributed by atoms with Crippen LogP contribution in [-0.4, -0.2) is 26.5 Å². The number of carbonyl (C=O) groups is 1. The van der Waals surface area contributed by atoms with E-state index in [0.717, 1.165) is 22.5 Å². The van der Waals surface area contributed by atoms with Crippen molar-refractivity contribution < 1.29 is 4.79 Å². The predicted octanol–water partition coefficient (Wildman–Crippen LogP) is 2.32. The molecule has 20 heavy (non-hydrogen) atoms. The van der Waals surface area contributed by atoms with Gasteiger partial charge in [-0.1, -0.05) is 24.3 Å². The third-order valence-electron chi connectivity index (χ3n) is 3.05. The van der Waals surface area contributed by atoms with Gasteiger partial charge in [0.15, 0.2) is 0 Å². The molecule has 4 heteroatoms. The molecule has 0 unspecified atom stereocenters. The first-order valence-electron chi connectivity index (χ1n) is 6.48. The van der Waals surface area contributed by atoms with Gasteiger partial charge in [-0.15, -0.1) is 0 Å². The van der Waals surface area contributed by atoms with Gasteiger partial charge in [-0.3, -0.25) is 4.79 Å². The van der Waals surface area contributed by atoms with E-state index in [1.807, 2.05) is 44.4 Å². The molecule has 0 aromatic heterocycles. The number of hydrogen-bond acceptors (Lipinski definition) is 3. The van der Waals surface area contributed by atoms with E-state index in [4.69, 9.17) is 5.73 Å². The fraction of sp³-hybridized carbons (Fsp3) is 0.188. The molecule has 2 rings (SSSR count). The molecular formula is C16H19N3O. The standard InChI is InChI=1S/C16H19N3O/c1-19(2)15-5-3-4-13(10-15)12-6-8-14(9-7-12)18-16(20)11-17/h3-10H,11,17H2,1-2H3,(H,18,20). The van der Waals surface area contributed by atoms with Crippen molar-refractivity contribution in [3.63, 3.8) is 0 Å². The number of carbonyl (C=O) groups excluding carboxylic acids is 1. The molecule has 0 fully saturated rings. The van der Waals surface area contributed by atoms with Gasteiger partial charge in [0.2, 0.25) is 5.91 Å². The van der Waals surface area contributed by atoms with Crippen LogP contribution in [0.15, 0.2) is 48.5 Å². The molecule has 0 saturated carbocycles. The molecule has 4 nitrogen and oxygen atoms in total. The fourth-order valence-corrected chi connectivity index (χ4v) is 1.92. The first kappa shape index (κ1) is 14.1. The van der Waals surface area contributed by atoms with Crippen molar-refractivity contribution in [1.29, 1.82) is 0 Å². The zero-order chi connectivity index (χ0) is 14.5. The highest BCUT2D eigenvalue weighted by Gasteiger charge is 2.02. The number of nitrogens with two attached hydrogens (primary N) is 1. The summed E-state index contributed by atoms with van der Waals surface area (Å²) in [5, 5.41) is 2.73. The maximum atomic E-state index is 11.2. The summed E-state index contributed by atoms with van der Waals surface area (Å²) in [6.45, 7) is -0.00731. The zero-order valence-corrected chi connectivity index (χ0v) is 11.8. The summed E-state index contributed by atoms with van der Waals surface area (Å²) in [5.74, 6) is -0.188. The smallest absolute Gasteiger partial charge is 0.238 e. The number of rotatable bonds is 4. The Bertz CT molecular complexity index is 591. The van der Waals surface area contributed by atoms with E-state index in [-0.39, 0.29) is 12.5 Å². The highest BCUT2D eigenvalue weighted by atomic mass is 16.1. The molecule has 0 aliphatic heterocycles. The minimum Gasteiger partial charge on any atom is -0.378 e. The monoisotopic (exact) mass is 269 g/mol. The summed E-state index contributed by atoms with van der Waals surface area (Å²) >= 11 is 0. The minimum atomic E-state index is -0.188. The molecule has 0 saturated heterocycles. The minimum absolute atomic E-state index is 0.00731. The van der Waals surface area contributed by atoms with E-state index < -0.39 is 0 Å². The summed E-state index contributed by atoms with van der Waals surface area (Å²) in [7, 11) is 4.04. The maximum Gasteiger partial charge on any atom is 0.238 e. The molecule has 2 aromatic carbocycles. The number of benzene rings is 2. The fourth-order valence-electron chi connectivity index (χ4n) is 1.92. The average Bonchev–Trinajstić information content (AvgIpc) is 2.48. The Morgan fingerprint density at radius 3 is 2.40 bits per heavy atom. The molecule has 0 radical (unpaired) electrons. The van der Waals surface area contributed by atoms with Gasteiger partial charge in [0.1, 0.15) is 0 Å². The summed E-state index contributed by atoms with van der Waals surface area (Å²) in [5.41, 5.74) is 9.44. The Morgan fingerprint density at radius 1 is 1.10 bits per heavy atom. The van der Waals surface area contributed by atoms with Crippen LogP contribution < -0.4 is 16.0 Å². The number of anilines is 2. The van der Waals surface area contributed by atoms with Crippen LogP contribution in [0.2, 0.25) is 0 Å². The second-order valence-corrected chi connectivity index (χ2v) is 4.77. The van der Waals surface area contributed by atoms with Gasteiger partial charge >= 0.3 is 0 Å². The molecule has 104 valence electrons. The second kappa shape index (κ2) is 6.21. The van der Waals surface area contributed by atoms with Crippen LogP contribution in [0, 0.1) is 0 Å². The summed E-state index contributed by atoms with van der Waals surface area (Å²) < 4.78 is 0. The Hall–Kier alpha value is -2.33. The van der Waals surface area contributed by atoms with Crippen LogP contribution in [0.5, 0.6) is 0 Å². The van der Waals surface area contributed by atoms with Crippen LogP contribution in [-0.2, 0) is 4.79 Å². The summed E-state index contributed by atoms with van der Waals surface area (Å²) in [6.07, 6.45) is 0. The molecule has 0 spiro atoms. The molecule has 0 heterocycles. The quantitative estimate of drug-likeness (QED) is 0.895. The lowest BCUT2D eigenvalue weighted by Gasteiger charge is -2.14. The average molecular weight is 269 g/mol. The van der Waals surface area contributed by atoms with Crippen molar-refractivity contribution in [3.05, 3.63) is 48.5 Å². The van der Waals surface area contributed by atoms with Crippen molar-refractivity contribution in [3.8, 4) is 11.1 Å². The van der Waals surface area contributed by atoms with Crippen LogP contribution in [0.3, 0.4) is 0 Å².